The molecule has 13 heavy (non-hydrogen) atoms. The highest BCUT2D eigenvalue weighted by atomic mass is 15.2. The van der Waals surface area contributed by atoms with E-state index in [4.69, 9.17) is 0 Å². The van der Waals surface area contributed by atoms with Gasteiger partial charge in [-0.25, -0.2) is 9.50 Å². The molecule has 3 nitrogen and oxygen atoms in total. The van der Waals surface area contributed by atoms with Crippen LogP contribution in [0.15, 0.2) is 18.5 Å². The first-order valence-corrected chi connectivity index (χ1v) is 4.61. The van der Waals surface area contributed by atoms with Crippen LogP contribution in [0.2, 0.25) is 0 Å². The Hall–Kier alpha value is -1.38. The van der Waals surface area contributed by atoms with Crippen LogP contribution in [0.3, 0.4) is 0 Å². The van der Waals surface area contributed by atoms with Crippen molar-refractivity contribution in [2.24, 2.45) is 0 Å². The first-order valence-electron chi connectivity index (χ1n) is 4.61. The summed E-state index contributed by atoms with van der Waals surface area (Å²) in [5, 5.41) is 4.20. The van der Waals surface area contributed by atoms with Crippen molar-refractivity contribution < 1.29 is 0 Å². The van der Waals surface area contributed by atoms with Gasteiger partial charge in [0.25, 0.3) is 0 Å². The van der Waals surface area contributed by atoms with E-state index < -0.39 is 0 Å². The summed E-state index contributed by atoms with van der Waals surface area (Å²) in [6.07, 6.45) is 6.00. The van der Waals surface area contributed by atoms with E-state index in [0.29, 0.717) is 0 Å². The van der Waals surface area contributed by atoms with Crippen LogP contribution in [0.4, 0.5) is 0 Å². The van der Waals surface area contributed by atoms with Crippen LogP contribution in [-0.2, 0) is 6.42 Å². The number of rotatable bonds is 2. The highest BCUT2D eigenvalue weighted by Crippen LogP contribution is 2.10. The van der Waals surface area contributed by atoms with Gasteiger partial charge in [-0.2, -0.15) is 5.10 Å². The minimum Gasteiger partial charge on any atom is -0.232 e. The zero-order valence-electron chi connectivity index (χ0n) is 7.99. The third-order valence-electron chi connectivity index (χ3n) is 2.08. The van der Waals surface area contributed by atoms with Gasteiger partial charge in [0.05, 0.1) is 11.9 Å². The van der Waals surface area contributed by atoms with Crippen molar-refractivity contribution in [2.45, 2.75) is 26.7 Å². The van der Waals surface area contributed by atoms with Crippen molar-refractivity contribution in [3.63, 3.8) is 0 Å². The van der Waals surface area contributed by atoms with Crippen LogP contribution >= 0.6 is 0 Å². The summed E-state index contributed by atoms with van der Waals surface area (Å²) in [6.45, 7) is 4.16. The number of aryl methyl sites for hydroxylation is 2. The van der Waals surface area contributed by atoms with E-state index in [9.17, 15) is 0 Å². The average Bonchev–Trinajstić information content (AvgIpc) is 2.47. The fourth-order valence-corrected chi connectivity index (χ4v) is 1.53. The maximum absolute atomic E-state index is 4.43. The third-order valence-corrected chi connectivity index (χ3v) is 2.08. The molecule has 0 amide bonds. The molecule has 3 heteroatoms. The highest BCUT2D eigenvalue weighted by molar-refractivity contribution is 5.47. The van der Waals surface area contributed by atoms with Crippen molar-refractivity contribution in [3.8, 4) is 0 Å². The Labute approximate surface area is 77.4 Å². The van der Waals surface area contributed by atoms with Crippen molar-refractivity contribution in [2.75, 3.05) is 0 Å². The Bertz CT molecular complexity index is 417. The fraction of sp³-hybridized carbons (Fsp3) is 0.400. The molecule has 0 N–H and O–H groups in total. The second-order valence-electron chi connectivity index (χ2n) is 3.26. The molecular formula is C10H13N3. The largest absolute Gasteiger partial charge is 0.232 e. The van der Waals surface area contributed by atoms with Gasteiger partial charge in [0.15, 0.2) is 5.65 Å². The Morgan fingerprint density at radius 1 is 1.46 bits per heavy atom. The summed E-state index contributed by atoms with van der Waals surface area (Å²) in [4.78, 5) is 4.43. The Morgan fingerprint density at radius 3 is 3.08 bits per heavy atom. The lowest BCUT2D eigenvalue weighted by Crippen LogP contribution is -1.94. The topological polar surface area (TPSA) is 30.2 Å². The summed E-state index contributed by atoms with van der Waals surface area (Å²) in [6, 6.07) is 2.05. The Kier molecular flexibility index (Phi) is 2.00. The molecule has 2 aromatic heterocycles. The predicted molar refractivity (Wildman–Crippen MR) is 51.7 cm³/mol. The molecule has 2 aromatic rings. The van der Waals surface area contributed by atoms with Crippen LogP contribution in [0, 0.1) is 6.92 Å². The quantitative estimate of drug-likeness (QED) is 0.698. The number of fused-ring (bicyclic) bond motifs is 1. The van der Waals surface area contributed by atoms with Crippen LogP contribution < -0.4 is 0 Å². The number of imidazole rings is 1. The molecular weight excluding hydrogens is 162 g/mol. The van der Waals surface area contributed by atoms with Gasteiger partial charge in [0.2, 0.25) is 0 Å². The Morgan fingerprint density at radius 2 is 2.31 bits per heavy atom. The van der Waals surface area contributed by atoms with Crippen LogP contribution in [0.25, 0.3) is 5.65 Å². The molecule has 0 saturated heterocycles. The number of nitrogens with zero attached hydrogens (tertiary/aromatic N) is 3. The van der Waals surface area contributed by atoms with Gasteiger partial charge < -0.3 is 0 Å². The van der Waals surface area contributed by atoms with Gasteiger partial charge >= 0.3 is 0 Å². The highest BCUT2D eigenvalue weighted by Gasteiger charge is 2.03. The first-order chi connectivity index (χ1) is 6.31. The monoisotopic (exact) mass is 175 g/mol. The van der Waals surface area contributed by atoms with E-state index in [1.165, 1.54) is 5.56 Å². The molecule has 0 saturated carbocycles. The van der Waals surface area contributed by atoms with E-state index in [1.807, 2.05) is 29.9 Å². The van der Waals surface area contributed by atoms with Crippen LogP contribution in [-0.4, -0.2) is 14.6 Å². The zero-order valence-corrected chi connectivity index (χ0v) is 7.99. The minimum atomic E-state index is 1.00. The molecule has 0 radical (unpaired) electrons. The predicted octanol–water partition coefficient (Wildman–Crippen LogP) is 1.99. The van der Waals surface area contributed by atoms with Crippen LogP contribution in [0.5, 0.6) is 0 Å². The number of hydrogen-bond acceptors (Lipinski definition) is 2. The first kappa shape index (κ1) is 8.23. The van der Waals surface area contributed by atoms with Gasteiger partial charge in [-0.1, -0.05) is 13.3 Å². The molecule has 0 bridgehead atoms. The average molecular weight is 175 g/mol. The molecule has 0 fully saturated rings. The van der Waals surface area contributed by atoms with Crippen LogP contribution in [0.1, 0.15) is 24.6 Å². The lowest BCUT2D eigenvalue weighted by Gasteiger charge is -1.99. The Balaban J connectivity index is 2.60. The van der Waals surface area contributed by atoms with Gasteiger partial charge in [-0.05, 0) is 25.0 Å². The molecule has 0 unspecified atom stereocenters. The van der Waals surface area contributed by atoms with E-state index in [1.54, 1.807) is 0 Å². The summed E-state index contributed by atoms with van der Waals surface area (Å²) >= 11 is 0. The number of aromatic nitrogens is 3. The number of hydrogen-bond donors (Lipinski definition) is 0. The van der Waals surface area contributed by atoms with E-state index in [2.05, 4.69) is 17.0 Å². The summed E-state index contributed by atoms with van der Waals surface area (Å²) in [5.74, 6) is 0. The molecule has 0 atom stereocenters. The maximum Gasteiger partial charge on any atom is 0.156 e. The minimum absolute atomic E-state index is 1.00. The molecule has 68 valence electrons. The van der Waals surface area contributed by atoms with Crippen molar-refractivity contribution >= 4 is 5.65 Å². The summed E-state index contributed by atoms with van der Waals surface area (Å²) in [7, 11) is 0. The standard InChI is InChI=1S/C10H13N3/c1-3-4-9-5-6-11-13-7-8(2)12-10(9)13/h5-7H,3-4H2,1-2H3. The normalized spacial score (nSPS) is 10.9. The third kappa shape index (κ3) is 1.41. The molecule has 0 aliphatic heterocycles. The van der Waals surface area contributed by atoms with Gasteiger partial charge in [0, 0.05) is 6.20 Å². The van der Waals surface area contributed by atoms with Crippen molar-refractivity contribution in [1.29, 1.82) is 0 Å². The zero-order chi connectivity index (χ0) is 9.26. The summed E-state index contributed by atoms with van der Waals surface area (Å²) in [5.41, 5.74) is 3.31. The molecule has 0 aromatic carbocycles. The van der Waals surface area contributed by atoms with Crippen molar-refractivity contribution in [3.05, 3.63) is 29.7 Å². The molecule has 2 heterocycles. The van der Waals surface area contributed by atoms with E-state index in [0.717, 1.165) is 24.2 Å². The second-order valence-corrected chi connectivity index (χ2v) is 3.26. The second kappa shape index (κ2) is 3.17. The summed E-state index contributed by atoms with van der Waals surface area (Å²) < 4.78 is 1.85. The van der Waals surface area contributed by atoms with E-state index in [-0.39, 0.29) is 0 Å². The molecule has 0 spiro atoms. The molecule has 2 rings (SSSR count). The fourth-order valence-electron chi connectivity index (χ4n) is 1.53. The maximum atomic E-state index is 4.43. The smallest absolute Gasteiger partial charge is 0.156 e. The van der Waals surface area contributed by atoms with Gasteiger partial charge in [-0.15, -0.1) is 0 Å². The lowest BCUT2D eigenvalue weighted by atomic mass is 10.2. The molecule has 0 aliphatic rings. The van der Waals surface area contributed by atoms with Crippen molar-refractivity contribution in [1.82, 2.24) is 14.6 Å². The van der Waals surface area contributed by atoms with E-state index >= 15 is 0 Å². The molecule has 0 aliphatic carbocycles. The van der Waals surface area contributed by atoms with Gasteiger partial charge in [-0.3, -0.25) is 0 Å². The van der Waals surface area contributed by atoms with Gasteiger partial charge in [0.1, 0.15) is 0 Å². The SMILES string of the molecule is CCCc1ccnn2cc(C)nc12. The lowest BCUT2D eigenvalue weighted by molar-refractivity contribution is 0.875.